The van der Waals surface area contributed by atoms with Gasteiger partial charge in [-0.15, -0.1) is 0 Å². The zero-order valence-electron chi connectivity index (χ0n) is 17.1. The molecule has 5 rings (SSSR count). The number of hydrogen-bond acceptors (Lipinski definition) is 7. The van der Waals surface area contributed by atoms with E-state index < -0.39 is 5.60 Å². The van der Waals surface area contributed by atoms with E-state index in [-0.39, 0.29) is 11.4 Å². The quantitative estimate of drug-likeness (QED) is 0.783. The van der Waals surface area contributed by atoms with E-state index in [1.165, 1.54) is 6.33 Å². The second-order valence-electron chi connectivity index (χ2n) is 9.01. The molecule has 2 aromatic rings. The van der Waals surface area contributed by atoms with E-state index in [1.54, 1.807) is 12.4 Å². The van der Waals surface area contributed by atoms with Gasteiger partial charge in [0.05, 0.1) is 16.7 Å². The molecule has 3 aliphatic rings. The Labute approximate surface area is 176 Å². The monoisotopic (exact) mass is 408 g/mol. The van der Waals surface area contributed by atoms with Crippen molar-refractivity contribution in [3.05, 3.63) is 42.2 Å². The average Bonchev–Trinajstić information content (AvgIpc) is 3.45. The third kappa shape index (κ3) is 3.64. The molecule has 8 heteroatoms. The highest BCUT2D eigenvalue weighted by Gasteiger charge is 2.45. The van der Waals surface area contributed by atoms with Gasteiger partial charge >= 0.3 is 0 Å². The Morgan fingerprint density at radius 1 is 1.00 bits per heavy atom. The maximum absolute atomic E-state index is 12.9. The number of aliphatic hydroxyl groups is 1. The topological polar surface area (TPSA) is 104 Å². The molecule has 2 aromatic heterocycles. The maximum atomic E-state index is 12.9. The summed E-state index contributed by atoms with van der Waals surface area (Å²) in [7, 11) is 0. The lowest BCUT2D eigenvalue weighted by Gasteiger charge is -2.39. The van der Waals surface area contributed by atoms with Crippen molar-refractivity contribution in [2.45, 2.75) is 62.5 Å². The van der Waals surface area contributed by atoms with Crippen LogP contribution in [0.2, 0.25) is 0 Å². The van der Waals surface area contributed by atoms with Crippen molar-refractivity contribution in [2.24, 2.45) is 5.92 Å². The second kappa shape index (κ2) is 7.58. The third-order valence-electron chi connectivity index (χ3n) is 7.12. The lowest BCUT2D eigenvalue weighted by atomic mass is 9.79. The predicted molar refractivity (Wildman–Crippen MR) is 111 cm³/mol. The number of anilines is 1. The van der Waals surface area contributed by atoms with Crippen LogP contribution in [-0.4, -0.2) is 54.5 Å². The molecular weight excluding hydrogens is 380 g/mol. The number of aromatic nitrogens is 4. The van der Waals surface area contributed by atoms with Gasteiger partial charge in [-0.1, -0.05) is 12.8 Å². The predicted octanol–water partition coefficient (Wildman–Crippen LogP) is 2.53. The van der Waals surface area contributed by atoms with Crippen LogP contribution in [0.15, 0.2) is 31.1 Å². The third-order valence-corrected chi connectivity index (χ3v) is 7.12. The van der Waals surface area contributed by atoms with Gasteiger partial charge in [-0.2, -0.15) is 0 Å². The molecular formula is C22H28N6O2. The molecule has 0 bridgehead atoms. The van der Waals surface area contributed by atoms with Crippen LogP contribution in [0.1, 0.15) is 67.3 Å². The van der Waals surface area contributed by atoms with Crippen molar-refractivity contribution in [1.29, 1.82) is 0 Å². The number of nitrogens with one attached hydrogen (secondary N) is 1. The van der Waals surface area contributed by atoms with E-state index in [2.05, 4.69) is 25.3 Å². The molecule has 3 heterocycles. The summed E-state index contributed by atoms with van der Waals surface area (Å²) >= 11 is 0. The molecule has 2 saturated carbocycles. The first-order valence-electron chi connectivity index (χ1n) is 11.0. The second-order valence-corrected chi connectivity index (χ2v) is 9.01. The number of piperidine rings is 1. The maximum Gasteiger partial charge on any atom is 0.256 e. The van der Waals surface area contributed by atoms with Gasteiger partial charge in [0.1, 0.15) is 6.33 Å². The van der Waals surface area contributed by atoms with Gasteiger partial charge in [-0.3, -0.25) is 4.79 Å². The number of likely N-dealkylation sites (tertiary alicyclic amines) is 1. The molecule has 1 amide bonds. The summed E-state index contributed by atoms with van der Waals surface area (Å²) in [4.78, 5) is 31.7. The van der Waals surface area contributed by atoms with Crippen LogP contribution in [0.3, 0.4) is 0 Å². The highest BCUT2D eigenvalue weighted by atomic mass is 16.3. The Morgan fingerprint density at radius 2 is 1.63 bits per heavy atom. The molecule has 0 atom stereocenters. The largest absolute Gasteiger partial charge is 0.390 e. The molecule has 3 fully saturated rings. The van der Waals surface area contributed by atoms with Crippen LogP contribution < -0.4 is 5.32 Å². The Hall–Kier alpha value is -2.61. The van der Waals surface area contributed by atoms with E-state index >= 15 is 0 Å². The number of rotatable bonds is 5. The molecule has 1 aliphatic heterocycles. The van der Waals surface area contributed by atoms with Crippen molar-refractivity contribution in [1.82, 2.24) is 24.8 Å². The van der Waals surface area contributed by atoms with Crippen molar-refractivity contribution >= 4 is 11.9 Å². The van der Waals surface area contributed by atoms with Crippen LogP contribution in [0.5, 0.6) is 0 Å². The van der Waals surface area contributed by atoms with Crippen LogP contribution in [0, 0.1) is 5.92 Å². The summed E-state index contributed by atoms with van der Waals surface area (Å²) in [5.41, 5.74) is 0.829. The van der Waals surface area contributed by atoms with E-state index in [0.717, 1.165) is 56.9 Å². The van der Waals surface area contributed by atoms with Crippen molar-refractivity contribution in [2.75, 3.05) is 18.4 Å². The lowest BCUT2D eigenvalue weighted by molar-refractivity contribution is -0.0350. The summed E-state index contributed by atoms with van der Waals surface area (Å²) in [5.74, 6) is 0.787. The standard InChI is InChI=1S/C22H28N6O2/c29-19(28-9-3-17(4-10-28)22(30)5-1-2-6-22)16-11-25-20(26-12-16)27-21(7-8-21)18-13-23-15-24-14-18/h11-15,17,30H,1-10H2,(H,25,26,27). The van der Waals surface area contributed by atoms with E-state index in [0.29, 0.717) is 30.5 Å². The fourth-order valence-electron chi connectivity index (χ4n) is 5.07. The fourth-order valence-corrected chi connectivity index (χ4v) is 5.07. The Morgan fingerprint density at radius 3 is 2.23 bits per heavy atom. The molecule has 0 spiro atoms. The van der Waals surface area contributed by atoms with E-state index in [9.17, 15) is 9.90 Å². The van der Waals surface area contributed by atoms with Crippen LogP contribution in [-0.2, 0) is 5.54 Å². The molecule has 0 unspecified atom stereocenters. The number of amides is 1. The summed E-state index contributed by atoms with van der Waals surface area (Å²) in [6.45, 7) is 1.37. The van der Waals surface area contributed by atoms with Gasteiger partial charge in [0.25, 0.3) is 5.91 Å². The molecule has 30 heavy (non-hydrogen) atoms. The van der Waals surface area contributed by atoms with Gasteiger partial charge in [0, 0.05) is 43.4 Å². The fraction of sp³-hybridized carbons (Fsp3) is 0.591. The van der Waals surface area contributed by atoms with Crippen LogP contribution in [0.4, 0.5) is 5.95 Å². The normalized spacial score (nSPS) is 22.6. The minimum absolute atomic E-state index is 0.0315. The first-order valence-corrected chi connectivity index (χ1v) is 11.0. The zero-order valence-corrected chi connectivity index (χ0v) is 17.1. The number of nitrogens with zero attached hydrogens (tertiary/aromatic N) is 5. The molecule has 2 aliphatic carbocycles. The van der Waals surface area contributed by atoms with Crippen LogP contribution in [0.25, 0.3) is 0 Å². The lowest BCUT2D eigenvalue weighted by Crippen LogP contribution is -2.45. The number of hydrogen-bond donors (Lipinski definition) is 2. The van der Waals surface area contributed by atoms with Crippen molar-refractivity contribution in [3.8, 4) is 0 Å². The summed E-state index contributed by atoms with van der Waals surface area (Å²) < 4.78 is 0. The van der Waals surface area contributed by atoms with Gasteiger partial charge in [-0.05, 0) is 44.4 Å². The smallest absolute Gasteiger partial charge is 0.256 e. The molecule has 158 valence electrons. The Bertz CT molecular complexity index is 886. The van der Waals surface area contributed by atoms with E-state index in [4.69, 9.17) is 0 Å². The number of carbonyl (C=O) groups excluding carboxylic acids is 1. The van der Waals surface area contributed by atoms with Crippen molar-refractivity contribution < 1.29 is 9.90 Å². The Kier molecular flexibility index (Phi) is 4.89. The minimum atomic E-state index is -0.506. The summed E-state index contributed by atoms with van der Waals surface area (Å²) in [6, 6.07) is 0. The molecule has 0 aromatic carbocycles. The molecule has 8 nitrogen and oxygen atoms in total. The molecule has 2 N–H and O–H groups in total. The SMILES string of the molecule is O=C(c1cnc(NC2(c3cncnc3)CC2)nc1)N1CCC(C2(O)CCCC2)CC1. The van der Waals surface area contributed by atoms with Crippen LogP contribution >= 0.6 is 0 Å². The van der Waals surface area contributed by atoms with Gasteiger partial charge in [-0.25, -0.2) is 19.9 Å². The zero-order chi connectivity index (χ0) is 20.6. The highest BCUT2D eigenvalue weighted by Crippen LogP contribution is 2.47. The molecule has 1 saturated heterocycles. The molecule has 0 radical (unpaired) electrons. The van der Waals surface area contributed by atoms with Gasteiger partial charge in [0.15, 0.2) is 0 Å². The summed E-state index contributed by atoms with van der Waals surface area (Å²) in [6.07, 6.45) is 16.1. The first-order chi connectivity index (χ1) is 14.6. The summed E-state index contributed by atoms with van der Waals surface area (Å²) in [5, 5.41) is 14.2. The Balaban J connectivity index is 1.19. The first kappa shape index (κ1) is 19.4. The van der Waals surface area contributed by atoms with Gasteiger partial charge in [0.2, 0.25) is 5.95 Å². The minimum Gasteiger partial charge on any atom is -0.390 e. The van der Waals surface area contributed by atoms with E-state index in [1.807, 2.05) is 17.3 Å². The average molecular weight is 409 g/mol. The van der Waals surface area contributed by atoms with Gasteiger partial charge < -0.3 is 15.3 Å². The van der Waals surface area contributed by atoms with Crippen molar-refractivity contribution in [3.63, 3.8) is 0 Å². The highest BCUT2D eigenvalue weighted by molar-refractivity contribution is 5.93. The number of carbonyl (C=O) groups is 1.